The van der Waals surface area contributed by atoms with Crippen molar-refractivity contribution < 1.29 is 9.53 Å². The summed E-state index contributed by atoms with van der Waals surface area (Å²) in [5.74, 6) is 1.44. The van der Waals surface area contributed by atoms with Gasteiger partial charge in [0.1, 0.15) is 5.75 Å². The Labute approximate surface area is 167 Å². The highest BCUT2D eigenvalue weighted by Crippen LogP contribution is 2.38. The smallest absolute Gasteiger partial charge is 0.321 e. The molecule has 2 aromatic rings. The van der Waals surface area contributed by atoms with Gasteiger partial charge in [-0.15, -0.1) is 0 Å². The van der Waals surface area contributed by atoms with Crippen LogP contribution < -0.4 is 10.1 Å². The highest BCUT2D eigenvalue weighted by Gasteiger charge is 2.23. The van der Waals surface area contributed by atoms with Crippen molar-refractivity contribution in [2.45, 2.75) is 11.7 Å². The summed E-state index contributed by atoms with van der Waals surface area (Å²) in [5.41, 5.74) is 1.71. The minimum Gasteiger partial charge on any atom is -0.495 e. The SMILES string of the molecule is COc1ccc(Cl)cc1NC(=O)N1CCSC(c2ccccc2Cl)CC1. The number of methoxy groups -OCH3 is 1. The predicted molar refractivity (Wildman–Crippen MR) is 110 cm³/mol. The molecule has 0 aliphatic carbocycles. The zero-order valence-electron chi connectivity index (χ0n) is 14.4. The van der Waals surface area contributed by atoms with Crippen LogP contribution in [0.2, 0.25) is 10.0 Å². The van der Waals surface area contributed by atoms with Gasteiger partial charge in [-0.2, -0.15) is 11.8 Å². The van der Waals surface area contributed by atoms with E-state index in [1.54, 1.807) is 25.3 Å². The summed E-state index contributed by atoms with van der Waals surface area (Å²) in [4.78, 5) is 14.5. The van der Waals surface area contributed by atoms with Crippen molar-refractivity contribution in [3.8, 4) is 5.75 Å². The van der Waals surface area contributed by atoms with Crippen LogP contribution in [0.4, 0.5) is 10.5 Å². The fourth-order valence-corrected chi connectivity index (χ4v) is 4.70. The molecule has 0 bridgehead atoms. The third-order valence-electron chi connectivity index (χ3n) is 4.28. The van der Waals surface area contributed by atoms with Crippen LogP contribution in [0.1, 0.15) is 17.2 Å². The van der Waals surface area contributed by atoms with Gasteiger partial charge in [-0.05, 0) is 36.2 Å². The second-order valence-corrected chi connectivity index (χ2v) is 8.09. The maximum atomic E-state index is 12.7. The molecule has 1 atom stereocenters. The normalized spacial score (nSPS) is 17.5. The number of halogens is 2. The van der Waals surface area contributed by atoms with Crippen molar-refractivity contribution >= 4 is 46.7 Å². The lowest BCUT2D eigenvalue weighted by Crippen LogP contribution is -2.36. The number of thioether (sulfide) groups is 1. The molecule has 0 radical (unpaired) electrons. The number of benzene rings is 2. The van der Waals surface area contributed by atoms with Gasteiger partial charge in [-0.1, -0.05) is 41.4 Å². The molecule has 2 aromatic carbocycles. The Kier molecular flexibility index (Phi) is 6.57. The lowest BCUT2D eigenvalue weighted by molar-refractivity contribution is 0.215. The van der Waals surface area contributed by atoms with Crippen molar-refractivity contribution in [2.75, 3.05) is 31.3 Å². The lowest BCUT2D eigenvalue weighted by atomic mass is 10.1. The summed E-state index contributed by atoms with van der Waals surface area (Å²) < 4.78 is 5.29. The summed E-state index contributed by atoms with van der Waals surface area (Å²) in [6, 6.07) is 12.9. The van der Waals surface area contributed by atoms with E-state index < -0.39 is 0 Å². The highest BCUT2D eigenvalue weighted by atomic mass is 35.5. The molecular weight excluding hydrogens is 391 g/mol. The standard InChI is InChI=1S/C19H20Cl2N2O2S/c1-25-17-7-6-13(20)12-16(17)22-19(24)23-9-8-18(26-11-10-23)14-4-2-3-5-15(14)21/h2-7,12,18H,8-11H2,1H3,(H,22,24). The molecule has 26 heavy (non-hydrogen) atoms. The Morgan fingerprint density at radius 2 is 2.04 bits per heavy atom. The molecular formula is C19H20Cl2N2O2S. The molecule has 0 spiro atoms. The summed E-state index contributed by atoms with van der Waals surface area (Å²) >= 11 is 14.2. The van der Waals surface area contributed by atoms with Crippen LogP contribution in [0.15, 0.2) is 42.5 Å². The number of anilines is 1. The zero-order valence-corrected chi connectivity index (χ0v) is 16.7. The fraction of sp³-hybridized carbons (Fsp3) is 0.316. The quantitative estimate of drug-likeness (QED) is 0.703. The van der Waals surface area contributed by atoms with Crippen molar-refractivity contribution in [3.63, 3.8) is 0 Å². The van der Waals surface area contributed by atoms with Gasteiger partial charge in [0.05, 0.1) is 12.8 Å². The summed E-state index contributed by atoms with van der Waals surface area (Å²) in [5, 5.41) is 4.53. The van der Waals surface area contributed by atoms with E-state index in [0.717, 1.165) is 22.8 Å². The number of hydrogen-bond acceptors (Lipinski definition) is 3. The zero-order chi connectivity index (χ0) is 18.5. The highest BCUT2D eigenvalue weighted by molar-refractivity contribution is 7.99. The summed E-state index contributed by atoms with van der Waals surface area (Å²) in [7, 11) is 1.57. The van der Waals surface area contributed by atoms with Gasteiger partial charge in [0, 0.05) is 34.1 Å². The second-order valence-electron chi connectivity index (χ2n) is 5.93. The number of ether oxygens (including phenoxy) is 1. The molecule has 1 aliphatic rings. The topological polar surface area (TPSA) is 41.6 Å². The minimum absolute atomic E-state index is 0.147. The Bertz CT molecular complexity index is 788. The largest absolute Gasteiger partial charge is 0.495 e. The van der Waals surface area contributed by atoms with Gasteiger partial charge in [-0.3, -0.25) is 0 Å². The predicted octanol–water partition coefficient (Wildman–Crippen LogP) is 5.71. The molecule has 2 amide bonds. The van der Waals surface area contributed by atoms with E-state index in [1.807, 2.05) is 34.9 Å². The van der Waals surface area contributed by atoms with Crippen LogP contribution in [-0.4, -0.2) is 36.9 Å². The molecule has 1 N–H and O–H groups in total. The van der Waals surface area contributed by atoms with Crippen LogP contribution in [0.25, 0.3) is 0 Å². The van der Waals surface area contributed by atoms with Crippen LogP contribution in [0, 0.1) is 0 Å². The number of hydrogen-bond donors (Lipinski definition) is 1. The van der Waals surface area contributed by atoms with Crippen molar-refractivity contribution in [1.29, 1.82) is 0 Å². The first-order valence-electron chi connectivity index (χ1n) is 8.34. The molecule has 0 saturated carbocycles. The number of carbonyl (C=O) groups excluding carboxylic acids is 1. The monoisotopic (exact) mass is 410 g/mol. The molecule has 0 aromatic heterocycles. The van der Waals surface area contributed by atoms with Gasteiger partial charge in [0.2, 0.25) is 0 Å². The van der Waals surface area contributed by atoms with E-state index in [4.69, 9.17) is 27.9 Å². The number of nitrogens with zero attached hydrogens (tertiary/aromatic N) is 1. The van der Waals surface area contributed by atoms with Crippen molar-refractivity contribution in [1.82, 2.24) is 4.90 Å². The molecule has 1 fully saturated rings. The van der Waals surface area contributed by atoms with Gasteiger partial charge >= 0.3 is 6.03 Å². The van der Waals surface area contributed by atoms with Crippen molar-refractivity contribution in [2.24, 2.45) is 0 Å². The van der Waals surface area contributed by atoms with Gasteiger partial charge in [-0.25, -0.2) is 4.79 Å². The van der Waals surface area contributed by atoms with E-state index in [1.165, 1.54) is 0 Å². The average molecular weight is 411 g/mol. The molecule has 1 aliphatic heterocycles. The van der Waals surface area contributed by atoms with Crippen LogP contribution in [0.5, 0.6) is 5.75 Å². The molecule has 7 heteroatoms. The Hall–Kier alpha value is -1.56. The number of amides is 2. The van der Waals surface area contributed by atoms with E-state index in [-0.39, 0.29) is 6.03 Å². The first kappa shape index (κ1) is 19.2. The maximum absolute atomic E-state index is 12.7. The van der Waals surface area contributed by atoms with Crippen molar-refractivity contribution in [3.05, 3.63) is 58.1 Å². The van der Waals surface area contributed by atoms with Gasteiger partial charge in [0.15, 0.2) is 0 Å². The van der Waals surface area contributed by atoms with E-state index in [9.17, 15) is 4.79 Å². The molecule has 4 nitrogen and oxygen atoms in total. The maximum Gasteiger partial charge on any atom is 0.321 e. The number of urea groups is 1. The first-order valence-corrected chi connectivity index (χ1v) is 10.1. The number of rotatable bonds is 3. The lowest BCUT2D eigenvalue weighted by Gasteiger charge is -2.22. The van der Waals surface area contributed by atoms with Crippen LogP contribution in [-0.2, 0) is 0 Å². The van der Waals surface area contributed by atoms with E-state index >= 15 is 0 Å². The average Bonchev–Trinajstić information content (AvgIpc) is 2.88. The van der Waals surface area contributed by atoms with E-state index in [2.05, 4.69) is 11.4 Å². The number of carbonyl (C=O) groups is 1. The van der Waals surface area contributed by atoms with Gasteiger partial charge in [0.25, 0.3) is 0 Å². The van der Waals surface area contributed by atoms with Crippen LogP contribution >= 0.6 is 35.0 Å². The first-order chi connectivity index (χ1) is 12.6. The molecule has 1 saturated heterocycles. The second kappa shape index (κ2) is 8.89. The van der Waals surface area contributed by atoms with E-state index in [0.29, 0.717) is 34.8 Å². The molecule has 1 unspecified atom stereocenters. The Morgan fingerprint density at radius 3 is 2.81 bits per heavy atom. The van der Waals surface area contributed by atoms with Gasteiger partial charge < -0.3 is 15.0 Å². The Morgan fingerprint density at radius 1 is 1.23 bits per heavy atom. The fourth-order valence-electron chi connectivity index (χ4n) is 2.93. The van der Waals surface area contributed by atoms with Crippen LogP contribution in [0.3, 0.4) is 0 Å². The molecule has 1 heterocycles. The third kappa shape index (κ3) is 4.58. The minimum atomic E-state index is -0.147. The number of nitrogens with one attached hydrogen (secondary N) is 1. The Balaban J connectivity index is 1.67. The molecule has 138 valence electrons. The third-order valence-corrected chi connectivity index (χ3v) is 6.17. The molecule has 3 rings (SSSR count). The summed E-state index contributed by atoms with van der Waals surface area (Å²) in [6.07, 6.45) is 0.856. The summed E-state index contributed by atoms with van der Waals surface area (Å²) in [6.45, 7) is 1.35.